The number of ether oxygens (including phenoxy) is 1. The van der Waals surface area contributed by atoms with Gasteiger partial charge in [-0.05, 0) is 38.0 Å². The quantitative estimate of drug-likeness (QED) is 0.651. The number of hydrogen-bond acceptors (Lipinski definition) is 5. The molecule has 0 unspecified atom stereocenters. The SMILES string of the molecule is CCOc1cccc2sc(N(CCn3cccn3)C(=O)C3CC3)nc12. The molecule has 0 radical (unpaired) electrons. The van der Waals surface area contributed by atoms with Gasteiger partial charge in [-0.25, -0.2) is 4.98 Å². The number of anilines is 1. The van der Waals surface area contributed by atoms with Crippen molar-refractivity contribution in [3.63, 3.8) is 0 Å². The van der Waals surface area contributed by atoms with Gasteiger partial charge in [-0.2, -0.15) is 5.10 Å². The highest BCUT2D eigenvalue weighted by Crippen LogP contribution is 2.37. The molecule has 130 valence electrons. The minimum Gasteiger partial charge on any atom is -0.492 e. The van der Waals surface area contributed by atoms with Crippen molar-refractivity contribution in [3.8, 4) is 5.75 Å². The summed E-state index contributed by atoms with van der Waals surface area (Å²) >= 11 is 1.54. The number of carbonyl (C=O) groups excluding carboxylic acids is 1. The first-order valence-corrected chi connectivity index (χ1v) is 9.39. The highest BCUT2D eigenvalue weighted by atomic mass is 32.1. The molecule has 1 aliphatic carbocycles. The van der Waals surface area contributed by atoms with E-state index in [1.54, 1.807) is 17.5 Å². The van der Waals surface area contributed by atoms with Crippen molar-refractivity contribution in [2.45, 2.75) is 26.3 Å². The first-order chi connectivity index (χ1) is 12.3. The van der Waals surface area contributed by atoms with Gasteiger partial charge in [0.2, 0.25) is 5.91 Å². The fourth-order valence-corrected chi connectivity index (χ4v) is 3.80. The zero-order chi connectivity index (χ0) is 17.2. The average molecular weight is 356 g/mol. The van der Waals surface area contributed by atoms with Crippen molar-refractivity contribution >= 4 is 32.6 Å². The molecule has 4 rings (SSSR count). The van der Waals surface area contributed by atoms with Gasteiger partial charge in [0.25, 0.3) is 0 Å². The topological polar surface area (TPSA) is 60.2 Å². The monoisotopic (exact) mass is 356 g/mol. The largest absolute Gasteiger partial charge is 0.492 e. The number of nitrogens with zero attached hydrogens (tertiary/aromatic N) is 4. The smallest absolute Gasteiger partial charge is 0.231 e. The number of fused-ring (bicyclic) bond motifs is 1. The van der Waals surface area contributed by atoms with Crippen molar-refractivity contribution in [1.82, 2.24) is 14.8 Å². The molecule has 3 aromatic rings. The van der Waals surface area contributed by atoms with E-state index in [1.165, 1.54) is 0 Å². The number of para-hydroxylation sites is 1. The van der Waals surface area contributed by atoms with Gasteiger partial charge in [0.15, 0.2) is 5.13 Å². The van der Waals surface area contributed by atoms with E-state index in [0.29, 0.717) is 19.7 Å². The van der Waals surface area contributed by atoms with Gasteiger partial charge in [-0.1, -0.05) is 17.4 Å². The lowest BCUT2D eigenvalue weighted by Gasteiger charge is -2.19. The third-order valence-corrected chi connectivity index (χ3v) is 5.25. The molecular formula is C18H20N4O2S. The number of thiazole rings is 1. The Hall–Kier alpha value is -2.41. The van der Waals surface area contributed by atoms with Crippen LogP contribution in [-0.4, -0.2) is 33.8 Å². The second-order valence-corrected chi connectivity index (χ2v) is 7.07. The van der Waals surface area contributed by atoms with Gasteiger partial charge < -0.3 is 4.74 Å². The van der Waals surface area contributed by atoms with Crippen molar-refractivity contribution in [2.24, 2.45) is 5.92 Å². The minimum atomic E-state index is 0.149. The van der Waals surface area contributed by atoms with Crippen LogP contribution < -0.4 is 9.64 Å². The highest BCUT2D eigenvalue weighted by molar-refractivity contribution is 7.22. The first-order valence-electron chi connectivity index (χ1n) is 8.57. The molecule has 6 nitrogen and oxygen atoms in total. The summed E-state index contributed by atoms with van der Waals surface area (Å²) in [5, 5.41) is 4.97. The van der Waals surface area contributed by atoms with E-state index in [9.17, 15) is 4.79 Å². The molecule has 25 heavy (non-hydrogen) atoms. The fourth-order valence-electron chi connectivity index (χ4n) is 2.78. The third-order valence-electron chi connectivity index (χ3n) is 4.21. The second-order valence-electron chi connectivity index (χ2n) is 6.07. The Morgan fingerprint density at radius 3 is 3.00 bits per heavy atom. The van der Waals surface area contributed by atoms with Crippen LogP contribution in [0.3, 0.4) is 0 Å². The van der Waals surface area contributed by atoms with E-state index in [1.807, 2.05) is 47.0 Å². The lowest BCUT2D eigenvalue weighted by Crippen LogP contribution is -2.35. The molecule has 0 spiro atoms. The van der Waals surface area contributed by atoms with Crippen LogP contribution in [0.5, 0.6) is 5.75 Å². The predicted molar refractivity (Wildman–Crippen MR) is 98.1 cm³/mol. The van der Waals surface area contributed by atoms with E-state index >= 15 is 0 Å². The van der Waals surface area contributed by atoms with Gasteiger partial charge in [0.05, 0.1) is 17.9 Å². The summed E-state index contributed by atoms with van der Waals surface area (Å²) in [6.07, 6.45) is 5.61. The van der Waals surface area contributed by atoms with Gasteiger partial charge in [-0.3, -0.25) is 14.4 Å². The third kappa shape index (κ3) is 3.37. The zero-order valence-corrected chi connectivity index (χ0v) is 14.9. The van der Waals surface area contributed by atoms with Crippen molar-refractivity contribution < 1.29 is 9.53 Å². The van der Waals surface area contributed by atoms with Crippen LogP contribution in [-0.2, 0) is 11.3 Å². The molecule has 1 amide bonds. The Morgan fingerprint density at radius 2 is 2.28 bits per heavy atom. The van der Waals surface area contributed by atoms with Crippen LogP contribution in [0.2, 0.25) is 0 Å². The van der Waals surface area contributed by atoms with Gasteiger partial charge >= 0.3 is 0 Å². The molecular weight excluding hydrogens is 336 g/mol. The molecule has 7 heteroatoms. The average Bonchev–Trinajstić information content (AvgIpc) is 3.16. The van der Waals surface area contributed by atoms with Crippen molar-refractivity contribution in [2.75, 3.05) is 18.1 Å². The molecule has 2 heterocycles. The fraction of sp³-hybridized carbons (Fsp3) is 0.389. The van der Waals surface area contributed by atoms with Crippen molar-refractivity contribution in [3.05, 3.63) is 36.7 Å². The minimum absolute atomic E-state index is 0.149. The molecule has 0 aliphatic heterocycles. The van der Waals surface area contributed by atoms with Crippen LogP contribution in [0, 0.1) is 5.92 Å². The number of hydrogen-bond donors (Lipinski definition) is 0. The Bertz CT molecular complexity index is 870. The second kappa shape index (κ2) is 6.84. The molecule has 0 bridgehead atoms. The predicted octanol–water partition coefficient (Wildman–Crippen LogP) is 3.33. The lowest BCUT2D eigenvalue weighted by atomic mass is 10.3. The van der Waals surface area contributed by atoms with E-state index < -0.39 is 0 Å². The van der Waals surface area contributed by atoms with E-state index in [0.717, 1.165) is 33.9 Å². The number of rotatable bonds is 7. The maximum absolute atomic E-state index is 12.8. The first kappa shape index (κ1) is 16.1. The standard InChI is InChI=1S/C18H20N4O2S/c1-2-24-14-5-3-6-15-16(14)20-18(25-15)22(17(23)13-7-8-13)12-11-21-10-4-9-19-21/h3-6,9-10,13H,2,7-8,11-12H2,1H3. The molecule has 2 aromatic heterocycles. The maximum Gasteiger partial charge on any atom is 0.231 e. The Morgan fingerprint density at radius 1 is 1.40 bits per heavy atom. The van der Waals surface area contributed by atoms with Crippen LogP contribution in [0.25, 0.3) is 10.2 Å². The van der Waals surface area contributed by atoms with E-state index in [4.69, 9.17) is 9.72 Å². The number of amides is 1. The Labute approximate surface area is 150 Å². The summed E-state index contributed by atoms with van der Waals surface area (Å²) in [4.78, 5) is 19.3. The molecule has 1 fully saturated rings. The zero-order valence-electron chi connectivity index (χ0n) is 14.1. The summed E-state index contributed by atoms with van der Waals surface area (Å²) in [6, 6.07) is 7.80. The maximum atomic E-state index is 12.8. The normalized spacial score (nSPS) is 14.0. The lowest BCUT2D eigenvalue weighted by molar-refractivity contribution is -0.119. The van der Waals surface area contributed by atoms with Crippen LogP contribution in [0.4, 0.5) is 5.13 Å². The summed E-state index contributed by atoms with van der Waals surface area (Å²) in [7, 11) is 0. The summed E-state index contributed by atoms with van der Waals surface area (Å²) in [5.74, 6) is 1.09. The highest BCUT2D eigenvalue weighted by Gasteiger charge is 2.35. The van der Waals surface area contributed by atoms with E-state index in [2.05, 4.69) is 5.10 Å². The van der Waals surface area contributed by atoms with Gasteiger partial charge in [-0.15, -0.1) is 0 Å². The summed E-state index contributed by atoms with van der Waals surface area (Å²) in [6.45, 7) is 3.77. The molecule has 1 saturated carbocycles. The van der Waals surface area contributed by atoms with E-state index in [-0.39, 0.29) is 11.8 Å². The molecule has 1 aromatic carbocycles. The molecule has 1 aliphatic rings. The molecule has 0 atom stereocenters. The molecule has 0 N–H and O–H groups in total. The number of carbonyl (C=O) groups is 1. The molecule has 0 saturated heterocycles. The van der Waals surface area contributed by atoms with Crippen LogP contribution in [0.1, 0.15) is 19.8 Å². The van der Waals surface area contributed by atoms with Crippen LogP contribution in [0.15, 0.2) is 36.7 Å². The van der Waals surface area contributed by atoms with Crippen molar-refractivity contribution in [1.29, 1.82) is 0 Å². The van der Waals surface area contributed by atoms with Crippen LogP contribution >= 0.6 is 11.3 Å². The number of aromatic nitrogens is 3. The Kier molecular flexibility index (Phi) is 4.40. The van der Waals surface area contributed by atoms with Gasteiger partial charge in [0, 0.05) is 24.9 Å². The summed E-state index contributed by atoms with van der Waals surface area (Å²) < 4.78 is 8.55. The summed E-state index contributed by atoms with van der Waals surface area (Å²) in [5.41, 5.74) is 0.831. The Balaban J connectivity index is 1.64. The number of benzene rings is 1. The van der Waals surface area contributed by atoms with Gasteiger partial charge in [0.1, 0.15) is 11.3 Å².